The normalized spacial score (nSPS) is 21.3. The molecule has 1 aliphatic carbocycles. The fourth-order valence-electron chi connectivity index (χ4n) is 1.91. The Balaban J connectivity index is 2.17. The Morgan fingerprint density at radius 2 is 2.29 bits per heavy atom. The van der Waals surface area contributed by atoms with Crippen LogP contribution in [0, 0.1) is 5.41 Å². The number of nitrogens with two attached hydrogens (primary N) is 1. The smallest absolute Gasteiger partial charge is 0.321 e. The van der Waals surface area contributed by atoms with Crippen LogP contribution in [0.3, 0.4) is 0 Å². The molecule has 0 saturated heterocycles. The Kier molecular flexibility index (Phi) is 3.89. The molecule has 1 fully saturated rings. The first-order chi connectivity index (χ1) is 6.59. The molecular formula is C10H20N2O2. The van der Waals surface area contributed by atoms with Crippen LogP contribution in [0.15, 0.2) is 0 Å². The van der Waals surface area contributed by atoms with Crippen LogP contribution < -0.4 is 11.1 Å². The molecule has 4 N–H and O–H groups in total. The van der Waals surface area contributed by atoms with Crippen LogP contribution in [-0.2, 0) is 4.79 Å². The molecule has 0 aromatic carbocycles. The number of nitrogens with one attached hydrogen (secondary N) is 1. The van der Waals surface area contributed by atoms with Crippen molar-refractivity contribution in [2.24, 2.45) is 11.1 Å². The molecule has 4 heteroatoms. The maximum Gasteiger partial charge on any atom is 0.321 e. The SMILES string of the molecule is CCC1(CNCC(N)C(=O)O)CCC1. The van der Waals surface area contributed by atoms with E-state index in [2.05, 4.69) is 12.2 Å². The third kappa shape index (κ3) is 2.69. The van der Waals surface area contributed by atoms with Crippen LogP contribution in [0.4, 0.5) is 0 Å². The largest absolute Gasteiger partial charge is 0.480 e. The molecule has 82 valence electrons. The van der Waals surface area contributed by atoms with Crippen LogP contribution in [0.1, 0.15) is 32.6 Å². The molecule has 1 atom stereocenters. The maximum absolute atomic E-state index is 10.4. The number of rotatable bonds is 6. The summed E-state index contributed by atoms with van der Waals surface area (Å²) in [5.74, 6) is -0.934. The Labute approximate surface area is 84.9 Å². The van der Waals surface area contributed by atoms with Gasteiger partial charge in [0, 0.05) is 13.1 Å². The first-order valence-corrected chi connectivity index (χ1v) is 5.29. The van der Waals surface area contributed by atoms with Gasteiger partial charge in [-0.05, 0) is 24.7 Å². The number of aliphatic carboxylic acids is 1. The summed E-state index contributed by atoms with van der Waals surface area (Å²) < 4.78 is 0. The lowest BCUT2D eigenvalue weighted by Gasteiger charge is -2.41. The van der Waals surface area contributed by atoms with E-state index >= 15 is 0 Å². The maximum atomic E-state index is 10.4. The summed E-state index contributed by atoms with van der Waals surface area (Å²) in [6.07, 6.45) is 5.00. The molecule has 0 amide bonds. The minimum Gasteiger partial charge on any atom is -0.480 e. The number of carboxylic acids is 1. The average molecular weight is 200 g/mol. The van der Waals surface area contributed by atoms with Crippen molar-refractivity contribution in [3.8, 4) is 0 Å². The third-order valence-corrected chi connectivity index (χ3v) is 3.35. The van der Waals surface area contributed by atoms with Crippen molar-refractivity contribution in [3.63, 3.8) is 0 Å². The zero-order valence-corrected chi connectivity index (χ0v) is 8.75. The number of hydrogen-bond donors (Lipinski definition) is 3. The highest BCUT2D eigenvalue weighted by molar-refractivity contribution is 5.73. The lowest BCUT2D eigenvalue weighted by atomic mass is 9.67. The molecule has 4 nitrogen and oxygen atoms in total. The van der Waals surface area contributed by atoms with Gasteiger partial charge < -0.3 is 16.2 Å². The van der Waals surface area contributed by atoms with Crippen molar-refractivity contribution >= 4 is 5.97 Å². The summed E-state index contributed by atoms with van der Waals surface area (Å²) in [6.45, 7) is 3.47. The summed E-state index contributed by atoms with van der Waals surface area (Å²) >= 11 is 0. The monoisotopic (exact) mass is 200 g/mol. The van der Waals surface area contributed by atoms with E-state index in [1.165, 1.54) is 25.7 Å². The first kappa shape index (κ1) is 11.5. The van der Waals surface area contributed by atoms with Gasteiger partial charge in [-0.25, -0.2) is 0 Å². The van der Waals surface area contributed by atoms with E-state index in [0.29, 0.717) is 12.0 Å². The van der Waals surface area contributed by atoms with Crippen LogP contribution in [0.2, 0.25) is 0 Å². The number of hydrogen-bond acceptors (Lipinski definition) is 3. The van der Waals surface area contributed by atoms with Gasteiger partial charge in [0.15, 0.2) is 0 Å². The molecule has 1 aliphatic rings. The van der Waals surface area contributed by atoms with E-state index in [1.54, 1.807) is 0 Å². The minimum atomic E-state index is -0.934. The van der Waals surface area contributed by atoms with Crippen LogP contribution in [-0.4, -0.2) is 30.2 Å². The molecule has 14 heavy (non-hydrogen) atoms. The van der Waals surface area contributed by atoms with E-state index in [4.69, 9.17) is 10.8 Å². The van der Waals surface area contributed by atoms with Crippen molar-refractivity contribution in [2.45, 2.75) is 38.6 Å². The fraction of sp³-hybridized carbons (Fsp3) is 0.900. The number of carboxylic acid groups (broad SMARTS) is 1. The lowest BCUT2D eigenvalue weighted by Crippen LogP contribution is -2.46. The lowest BCUT2D eigenvalue weighted by molar-refractivity contribution is -0.138. The van der Waals surface area contributed by atoms with Crippen molar-refractivity contribution in [3.05, 3.63) is 0 Å². The van der Waals surface area contributed by atoms with Crippen molar-refractivity contribution in [1.82, 2.24) is 5.32 Å². The fourth-order valence-corrected chi connectivity index (χ4v) is 1.91. The summed E-state index contributed by atoms with van der Waals surface area (Å²) in [7, 11) is 0. The topological polar surface area (TPSA) is 75.3 Å². The molecule has 0 aromatic rings. The molecule has 0 bridgehead atoms. The highest BCUT2D eigenvalue weighted by atomic mass is 16.4. The van der Waals surface area contributed by atoms with Crippen LogP contribution in [0.25, 0.3) is 0 Å². The van der Waals surface area contributed by atoms with E-state index in [1.807, 2.05) is 0 Å². The van der Waals surface area contributed by atoms with E-state index in [-0.39, 0.29) is 0 Å². The van der Waals surface area contributed by atoms with Gasteiger partial charge >= 0.3 is 5.97 Å². The molecule has 1 unspecified atom stereocenters. The quantitative estimate of drug-likeness (QED) is 0.586. The predicted molar refractivity (Wildman–Crippen MR) is 55.1 cm³/mol. The van der Waals surface area contributed by atoms with Gasteiger partial charge in [0.2, 0.25) is 0 Å². The Hall–Kier alpha value is -0.610. The Bertz CT molecular complexity index is 197. The van der Waals surface area contributed by atoms with Gasteiger partial charge in [-0.1, -0.05) is 13.3 Å². The standard InChI is InChI=1S/C10H20N2O2/c1-2-10(4-3-5-10)7-12-6-8(11)9(13)14/h8,12H,2-7,11H2,1H3,(H,13,14). The number of carbonyl (C=O) groups is 1. The molecule has 0 heterocycles. The third-order valence-electron chi connectivity index (χ3n) is 3.35. The summed E-state index contributed by atoms with van der Waals surface area (Å²) in [5.41, 5.74) is 5.81. The van der Waals surface area contributed by atoms with E-state index in [0.717, 1.165) is 6.54 Å². The van der Waals surface area contributed by atoms with E-state index in [9.17, 15) is 4.79 Å². The molecule has 0 spiro atoms. The van der Waals surface area contributed by atoms with Gasteiger partial charge in [-0.2, -0.15) is 0 Å². The summed E-state index contributed by atoms with van der Waals surface area (Å²) in [4.78, 5) is 10.4. The van der Waals surface area contributed by atoms with Crippen LogP contribution >= 0.6 is 0 Å². The van der Waals surface area contributed by atoms with Crippen molar-refractivity contribution in [2.75, 3.05) is 13.1 Å². The van der Waals surface area contributed by atoms with Gasteiger partial charge in [-0.3, -0.25) is 4.79 Å². The van der Waals surface area contributed by atoms with Crippen molar-refractivity contribution < 1.29 is 9.90 Å². The zero-order chi connectivity index (χ0) is 10.6. The van der Waals surface area contributed by atoms with Gasteiger partial charge in [0.05, 0.1) is 0 Å². The van der Waals surface area contributed by atoms with E-state index < -0.39 is 12.0 Å². The Morgan fingerprint density at radius 3 is 2.64 bits per heavy atom. The Morgan fingerprint density at radius 1 is 1.64 bits per heavy atom. The van der Waals surface area contributed by atoms with Crippen molar-refractivity contribution in [1.29, 1.82) is 0 Å². The van der Waals surface area contributed by atoms with Crippen LogP contribution in [0.5, 0.6) is 0 Å². The molecule has 0 radical (unpaired) electrons. The molecule has 1 saturated carbocycles. The molecule has 0 aromatic heterocycles. The molecule has 1 rings (SSSR count). The van der Waals surface area contributed by atoms with Gasteiger partial charge in [-0.15, -0.1) is 0 Å². The van der Waals surface area contributed by atoms with Gasteiger partial charge in [0.25, 0.3) is 0 Å². The minimum absolute atomic E-state index is 0.372. The zero-order valence-electron chi connectivity index (χ0n) is 8.75. The van der Waals surface area contributed by atoms with Gasteiger partial charge in [0.1, 0.15) is 6.04 Å². The molecular weight excluding hydrogens is 180 g/mol. The predicted octanol–water partition coefficient (Wildman–Crippen LogP) is 0.568. The summed E-state index contributed by atoms with van der Waals surface area (Å²) in [6, 6.07) is -0.774. The first-order valence-electron chi connectivity index (χ1n) is 5.29. The second-order valence-electron chi connectivity index (χ2n) is 4.28. The highest BCUT2D eigenvalue weighted by Gasteiger charge is 2.34. The summed E-state index contributed by atoms with van der Waals surface area (Å²) in [5, 5.41) is 11.7. The average Bonchev–Trinajstić information content (AvgIpc) is 2.09. The second kappa shape index (κ2) is 4.75. The molecule has 0 aliphatic heterocycles. The highest BCUT2D eigenvalue weighted by Crippen LogP contribution is 2.42. The second-order valence-corrected chi connectivity index (χ2v) is 4.28.